The van der Waals surface area contributed by atoms with Crippen molar-refractivity contribution in [3.8, 4) is 5.75 Å². The second-order valence-corrected chi connectivity index (χ2v) is 5.53. The van der Waals surface area contributed by atoms with Gasteiger partial charge in [-0.2, -0.15) is 0 Å². The van der Waals surface area contributed by atoms with E-state index >= 15 is 0 Å². The van der Waals surface area contributed by atoms with Crippen LogP contribution < -0.4 is 10.1 Å². The average Bonchev–Trinajstić information content (AvgIpc) is 3.33. The number of ether oxygens (including phenoxy) is 2. The van der Waals surface area contributed by atoms with Crippen molar-refractivity contribution in [2.24, 2.45) is 0 Å². The zero-order valence-corrected chi connectivity index (χ0v) is 12.8. The summed E-state index contributed by atoms with van der Waals surface area (Å²) < 4.78 is 10.9. The molecular weight excluding hydrogens is 268 g/mol. The van der Waals surface area contributed by atoms with Crippen molar-refractivity contribution in [2.45, 2.75) is 51.3 Å². The lowest BCUT2D eigenvalue weighted by Gasteiger charge is -2.12. The first-order valence-electron chi connectivity index (χ1n) is 7.85. The van der Waals surface area contributed by atoms with Gasteiger partial charge in [0.05, 0.1) is 18.5 Å². The molecule has 5 heteroatoms. The normalized spacial score (nSPS) is 15.9. The van der Waals surface area contributed by atoms with Gasteiger partial charge in [-0.15, -0.1) is 0 Å². The van der Waals surface area contributed by atoms with Gasteiger partial charge in [0.1, 0.15) is 18.5 Å². The largest absolute Gasteiger partial charge is 0.489 e. The Morgan fingerprint density at radius 3 is 2.90 bits per heavy atom. The third-order valence-electron chi connectivity index (χ3n) is 3.34. The van der Waals surface area contributed by atoms with Crippen molar-refractivity contribution in [3.63, 3.8) is 0 Å². The van der Waals surface area contributed by atoms with Crippen molar-refractivity contribution < 1.29 is 14.6 Å². The Morgan fingerprint density at radius 1 is 1.38 bits per heavy atom. The van der Waals surface area contributed by atoms with Gasteiger partial charge in [-0.3, -0.25) is 4.98 Å². The van der Waals surface area contributed by atoms with Crippen LogP contribution in [0.4, 0.5) is 0 Å². The van der Waals surface area contributed by atoms with Crippen molar-refractivity contribution in [1.29, 1.82) is 0 Å². The van der Waals surface area contributed by atoms with Gasteiger partial charge in [0.25, 0.3) is 0 Å². The molecule has 1 fully saturated rings. The third kappa shape index (κ3) is 6.89. The van der Waals surface area contributed by atoms with E-state index in [-0.39, 0.29) is 6.61 Å². The van der Waals surface area contributed by atoms with Crippen LogP contribution in [0, 0.1) is 0 Å². The summed E-state index contributed by atoms with van der Waals surface area (Å²) in [6.45, 7) is 4.15. The molecular formula is C16H26N2O3. The summed E-state index contributed by atoms with van der Waals surface area (Å²) in [6.07, 6.45) is 5.78. The zero-order valence-electron chi connectivity index (χ0n) is 12.8. The van der Waals surface area contributed by atoms with Crippen LogP contribution in [0.5, 0.6) is 5.75 Å². The van der Waals surface area contributed by atoms with Crippen molar-refractivity contribution in [3.05, 3.63) is 24.0 Å². The topological polar surface area (TPSA) is 63.6 Å². The average molecular weight is 294 g/mol. The molecule has 1 aliphatic rings. The van der Waals surface area contributed by atoms with Crippen molar-refractivity contribution >= 4 is 0 Å². The minimum Gasteiger partial charge on any atom is -0.489 e. The molecule has 1 heterocycles. The lowest BCUT2D eigenvalue weighted by atomic mass is 10.3. The molecule has 0 amide bonds. The molecule has 0 aliphatic heterocycles. The Kier molecular flexibility index (Phi) is 6.92. The van der Waals surface area contributed by atoms with Gasteiger partial charge in [0.2, 0.25) is 0 Å². The standard InChI is InChI=1S/C16H26N2O3/c1-2-3-8-20-11-15(19)12-21-16-7-6-14(18-10-16)9-17-13-4-5-13/h6-7,10,13,15,17,19H,2-5,8-9,11-12H2,1H3. The first kappa shape index (κ1) is 16.2. The van der Waals surface area contributed by atoms with E-state index in [1.54, 1.807) is 6.20 Å². The van der Waals surface area contributed by atoms with Crippen LogP contribution in [0.25, 0.3) is 0 Å². The van der Waals surface area contributed by atoms with Crippen molar-refractivity contribution in [1.82, 2.24) is 10.3 Å². The minimum atomic E-state index is -0.599. The van der Waals surface area contributed by atoms with E-state index in [1.807, 2.05) is 12.1 Å². The summed E-state index contributed by atoms with van der Waals surface area (Å²) in [5.74, 6) is 0.679. The van der Waals surface area contributed by atoms with E-state index < -0.39 is 6.10 Å². The van der Waals surface area contributed by atoms with Gasteiger partial charge >= 0.3 is 0 Å². The fourth-order valence-corrected chi connectivity index (χ4v) is 1.84. The quantitative estimate of drug-likeness (QED) is 0.610. The molecule has 118 valence electrons. The molecule has 1 aliphatic carbocycles. The maximum Gasteiger partial charge on any atom is 0.137 e. The van der Waals surface area contributed by atoms with Gasteiger partial charge in [0, 0.05) is 19.2 Å². The number of unbranched alkanes of at least 4 members (excludes halogenated alkanes) is 1. The van der Waals surface area contributed by atoms with Crippen molar-refractivity contribution in [2.75, 3.05) is 19.8 Å². The molecule has 5 nitrogen and oxygen atoms in total. The monoisotopic (exact) mass is 294 g/mol. The SMILES string of the molecule is CCCCOCC(O)COc1ccc(CNC2CC2)nc1. The first-order chi connectivity index (χ1) is 10.3. The molecule has 21 heavy (non-hydrogen) atoms. The first-order valence-corrected chi connectivity index (χ1v) is 7.85. The highest BCUT2D eigenvalue weighted by molar-refractivity contribution is 5.20. The number of pyridine rings is 1. The van der Waals surface area contributed by atoms with E-state index in [4.69, 9.17) is 9.47 Å². The molecule has 0 saturated heterocycles. The Balaban J connectivity index is 1.60. The Morgan fingerprint density at radius 2 is 2.24 bits per heavy atom. The lowest BCUT2D eigenvalue weighted by molar-refractivity contribution is 0.0112. The molecule has 0 aromatic carbocycles. The van der Waals surface area contributed by atoms with Gasteiger partial charge < -0.3 is 19.9 Å². The fourth-order valence-electron chi connectivity index (χ4n) is 1.84. The molecule has 0 spiro atoms. The summed E-state index contributed by atoms with van der Waals surface area (Å²) in [4.78, 5) is 4.34. The summed E-state index contributed by atoms with van der Waals surface area (Å²) in [7, 11) is 0. The van der Waals surface area contributed by atoms with Gasteiger partial charge in [-0.05, 0) is 31.4 Å². The minimum absolute atomic E-state index is 0.230. The number of hydrogen-bond acceptors (Lipinski definition) is 5. The molecule has 0 bridgehead atoms. The smallest absolute Gasteiger partial charge is 0.137 e. The van der Waals surface area contributed by atoms with Crippen LogP contribution in [-0.4, -0.2) is 42.1 Å². The van der Waals surface area contributed by atoms with Crippen LogP contribution in [-0.2, 0) is 11.3 Å². The molecule has 1 atom stereocenters. The summed E-state index contributed by atoms with van der Waals surface area (Å²) >= 11 is 0. The van der Waals surface area contributed by atoms with Gasteiger partial charge in [-0.1, -0.05) is 13.3 Å². The predicted molar refractivity (Wildman–Crippen MR) is 81.3 cm³/mol. The van der Waals surface area contributed by atoms with E-state index in [9.17, 15) is 5.11 Å². The van der Waals surface area contributed by atoms with E-state index in [0.29, 0.717) is 25.0 Å². The van der Waals surface area contributed by atoms with Gasteiger partial charge in [0.15, 0.2) is 0 Å². The second kappa shape index (κ2) is 8.97. The van der Waals surface area contributed by atoms with Crippen LogP contribution in [0.1, 0.15) is 38.3 Å². The Labute approximate surface area is 126 Å². The summed E-state index contributed by atoms with van der Waals surface area (Å²) in [5.41, 5.74) is 1.01. The number of aliphatic hydroxyl groups is 1. The predicted octanol–water partition coefficient (Wildman–Crippen LogP) is 1.89. The lowest BCUT2D eigenvalue weighted by Crippen LogP contribution is -2.23. The molecule has 2 N–H and O–H groups in total. The van der Waals surface area contributed by atoms with Crippen LogP contribution >= 0.6 is 0 Å². The maximum atomic E-state index is 9.74. The number of hydrogen-bond donors (Lipinski definition) is 2. The highest BCUT2D eigenvalue weighted by atomic mass is 16.5. The number of nitrogens with zero attached hydrogens (tertiary/aromatic N) is 1. The summed E-state index contributed by atoms with van der Waals surface area (Å²) in [5, 5.41) is 13.2. The van der Waals surface area contributed by atoms with Crippen LogP contribution in [0.3, 0.4) is 0 Å². The molecule has 2 rings (SSSR count). The fraction of sp³-hybridized carbons (Fsp3) is 0.688. The highest BCUT2D eigenvalue weighted by Gasteiger charge is 2.20. The van der Waals surface area contributed by atoms with Gasteiger partial charge in [-0.25, -0.2) is 0 Å². The third-order valence-corrected chi connectivity index (χ3v) is 3.34. The second-order valence-electron chi connectivity index (χ2n) is 5.53. The van der Waals surface area contributed by atoms with E-state index in [1.165, 1.54) is 12.8 Å². The van der Waals surface area contributed by atoms with E-state index in [2.05, 4.69) is 17.2 Å². The highest BCUT2D eigenvalue weighted by Crippen LogP contribution is 2.19. The summed E-state index contributed by atoms with van der Waals surface area (Å²) in [6, 6.07) is 4.53. The number of aliphatic hydroxyl groups excluding tert-OH is 1. The Bertz CT molecular complexity index is 393. The number of nitrogens with one attached hydrogen (secondary N) is 1. The molecule has 1 unspecified atom stereocenters. The maximum absolute atomic E-state index is 9.74. The molecule has 1 aromatic rings. The number of aromatic nitrogens is 1. The molecule has 0 radical (unpaired) electrons. The van der Waals surface area contributed by atoms with Crippen LogP contribution in [0.2, 0.25) is 0 Å². The Hall–Kier alpha value is -1.17. The molecule has 1 saturated carbocycles. The number of rotatable bonds is 11. The molecule has 1 aromatic heterocycles. The van der Waals surface area contributed by atoms with Crippen LogP contribution in [0.15, 0.2) is 18.3 Å². The van der Waals surface area contributed by atoms with E-state index in [0.717, 1.165) is 25.1 Å². The zero-order chi connectivity index (χ0) is 14.9.